The molecule has 0 fully saturated rings. The highest BCUT2D eigenvalue weighted by molar-refractivity contribution is 7.15. The fourth-order valence-corrected chi connectivity index (χ4v) is 3.32. The van der Waals surface area contributed by atoms with Crippen molar-refractivity contribution in [3.05, 3.63) is 77.3 Å². The molecule has 118 valence electrons. The van der Waals surface area contributed by atoms with Crippen molar-refractivity contribution in [3.63, 3.8) is 0 Å². The highest BCUT2D eigenvalue weighted by Gasteiger charge is 2.22. The Morgan fingerprint density at radius 3 is 2.39 bits per heavy atom. The van der Waals surface area contributed by atoms with Crippen molar-refractivity contribution >= 4 is 11.3 Å². The summed E-state index contributed by atoms with van der Waals surface area (Å²) in [7, 11) is 0. The summed E-state index contributed by atoms with van der Waals surface area (Å²) in [6.07, 6.45) is 1.90. The first-order chi connectivity index (χ1) is 11.1. The summed E-state index contributed by atoms with van der Waals surface area (Å²) in [5.74, 6) is 0. The van der Waals surface area contributed by atoms with Crippen LogP contribution in [0.2, 0.25) is 0 Å². The normalized spacial score (nSPS) is 13.7. The van der Waals surface area contributed by atoms with Crippen molar-refractivity contribution in [2.24, 2.45) is 0 Å². The van der Waals surface area contributed by atoms with Crippen molar-refractivity contribution < 1.29 is 5.11 Å². The zero-order valence-corrected chi connectivity index (χ0v) is 13.9. The second-order valence-corrected chi connectivity index (χ2v) is 6.86. The van der Waals surface area contributed by atoms with Gasteiger partial charge in [-0.3, -0.25) is 0 Å². The molecule has 1 unspecified atom stereocenters. The lowest BCUT2D eigenvalue weighted by Crippen LogP contribution is -2.34. The van der Waals surface area contributed by atoms with Crippen LogP contribution in [0.3, 0.4) is 0 Å². The van der Waals surface area contributed by atoms with Gasteiger partial charge in [-0.2, -0.15) is 0 Å². The van der Waals surface area contributed by atoms with Gasteiger partial charge in [-0.05, 0) is 12.5 Å². The van der Waals surface area contributed by atoms with E-state index < -0.39 is 5.60 Å². The Balaban J connectivity index is 1.58. The van der Waals surface area contributed by atoms with Crippen LogP contribution in [0, 0.1) is 0 Å². The fourth-order valence-electron chi connectivity index (χ4n) is 2.43. The molecule has 0 spiro atoms. The molecule has 0 aliphatic rings. The molecule has 2 N–H and O–H groups in total. The standard InChI is InChI=1S/C19H20N2OS/c1-19(22,16-10-6-3-7-11-16)14-20-12-17-13-21-18(23-17)15-8-4-2-5-9-15/h2-11,13,20,22H,12,14H2,1H3. The summed E-state index contributed by atoms with van der Waals surface area (Å²) in [5, 5.41) is 14.9. The maximum atomic E-state index is 10.6. The van der Waals surface area contributed by atoms with E-state index in [1.807, 2.05) is 61.7 Å². The molecular weight excluding hydrogens is 304 g/mol. The van der Waals surface area contributed by atoms with E-state index in [0.29, 0.717) is 13.1 Å². The van der Waals surface area contributed by atoms with Crippen LogP contribution in [0.5, 0.6) is 0 Å². The first kappa shape index (κ1) is 15.9. The molecule has 23 heavy (non-hydrogen) atoms. The van der Waals surface area contributed by atoms with Gasteiger partial charge in [-0.15, -0.1) is 11.3 Å². The van der Waals surface area contributed by atoms with Crippen LogP contribution in [0.4, 0.5) is 0 Å². The van der Waals surface area contributed by atoms with Crippen molar-refractivity contribution in [2.45, 2.75) is 19.1 Å². The van der Waals surface area contributed by atoms with E-state index in [1.165, 1.54) is 0 Å². The van der Waals surface area contributed by atoms with E-state index in [2.05, 4.69) is 22.4 Å². The van der Waals surface area contributed by atoms with E-state index in [0.717, 1.165) is 21.0 Å². The lowest BCUT2D eigenvalue weighted by Gasteiger charge is -2.24. The third kappa shape index (κ3) is 4.05. The molecule has 0 amide bonds. The number of rotatable bonds is 6. The lowest BCUT2D eigenvalue weighted by molar-refractivity contribution is 0.0567. The molecule has 1 atom stereocenters. The molecule has 0 aliphatic carbocycles. The molecule has 3 nitrogen and oxygen atoms in total. The number of hydrogen-bond donors (Lipinski definition) is 2. The Hall–Kier alpha value is -2.01. The Labute approximate surface area is 140 Å². The quantitative estimate of drug-likeness (QED) is 0.725. The van der Waals surface area contributed by atoms with E-state index in [9.17, 15) is 5.11 Å². The van der Waals surface area contributed by atoms with Crippen LogP contribution in [-0.2, 0) is 12.1 Å². The summed E-state index contributed by atoms with van der Waals surface area (Å²) in [5.41, 5.74) is 1.18. The van der Waals surface area contributed by atoms with Crippen LogP contribution < -0.4 is 5.32 Å². The molecule has 0 aliphatic heterocycles. The molecule has 0 saturated heterocycles. The molecule has 0 bridgehead atoms. The van der Waals surface area contributed by atoms with Gasteiger partial charge < -0.3 is 10.4 Å². The van der Waals surface area contributed by atoms with Gasteiger partial charge in [-0.1, -0.05) is 60.7 Å². The van der Waals surface area contributed by atoms with E-state index in [4.69, 9.17) is 0 Å². The van der Waals surface area contributed by atoms with Crippen molar-refractivity contribution in [1.29, 1.82) is 0 Å². The summed E-state index contributed by atoms with van der Waals surface area (Å²) in [6, 6.07) is 19.9. The number of nitrogens with zero attached hydrogens (tertiary/aromatic N) is 1. The molecule has 4 heteroatoms. The SMILES string of the molecule is CC(O)(CNCc1cnc(-c2ccccc2)s1)c1ccccc1. The number of hydrogen-bond acceptors (Lipinski definition) is 4. The molecule has 1 aromatic heterocycles. The third-order valence-corrected chi connectivity index (χ3v) is 4.78. The molecule has 2 aromatic carbocycles. The van der Waals surface area contributed by atoms with Crippen LogP contribution in [0.25, 0.3) is 10.6 Å². The zero-order valence-electron chi connectivity index (χ0n) is 13.1. The van der Waals surface area contributed by atoms with Crippen molar-refractivity contribution in [2.75, 3.05) is 6.54 Å². The van der Waals surface area contributed by atoms with Crippen molar-refractivity contribution in [3.8, 4) is 10.6 Å². The monoisotopic (exact) mass is 324 g/mol. The van der Waals surface area contributed by atoms with Crippen LogP contribution in [-0.4, -0.2) is 16.6 Å². The average molecular weight is 324 g/mol. The largest absolute Gasteiger partial charge is 0.384 e. The number of nitrogens with one attached hydrogen (secondary N) is 1. The zero-order chi connectivity index (χ0) is 16.1. The predicted octanol–water partition coefficient (Wildman–Crippen LogP) is 3.81. The molecule has 0 radical (unpaired) electrons. The number of thiazole rings is 1. The number of aromatic nitrogens is 1. The fraction of sp³-hybridized carbons (Fsp3) is 0.211. The Kier molecular flexibility index (Phi) is 4.86. The van der Waals surface area contributed by atoms with Crippen LogP contribution in [0.1, 0.15) is 17.4 Å². The van der Waals surface area contributed by atoms with Gasteiger partial charge >= 0.3 is 0 Å². The summed E-state index contributed by atoms with van der Waals surface area (Å²) in [6.45, 7) is 3.03. The highest BCUT2D eigenvalue weighted by Crippen LogP contribution is 2.25. The van der Waals surface area contributed by atoms with E-state index in [1.54, 1.807) is 11.3 Å². The summed E-state index contributed by atoms with van der Waals surface area (Å²) in [4.78, 5) is 5.64. The van der Waals surface area contributed by atoms with Crippen LogP contribution in [0.15, 0.2) is 66.9 Å². The second kappa shape index (κ2) is 7.04. The van der Waals surface area contributed by atoms with E-state index >= 15 is 0 Å². The second-order valence-electron chi connectivity index (χ2n) is 5.74. The minimum atomic E-state index is -0.881. The molecule has 1 heterocycles. The minimum Gasteiger partial charge on any atom is -0.384 e. The van der Waals surface area contributed by atoms with Gasteiger partial charge in [0.1, 0.15) is 5.01 Å². The topological polar surface area (TPSA) is 45.1 Å². The van der Waals surface area contributed by atoms with Gasteiger partial charge in [0, 0.05) is 29.7 Å². The Bertz CT molecular complexity index is 738. The average Bonchev–Trinajstić information content (AvgIpc) is 3.05. The maximum Gasteiger partial charge on any atom is 0.123 e. The van der Waals surface area contributed by atoms with Gasteiger partial charge in [0.15, 0.2) is 0 Å². The van der Waals surface area contributed by atoms with Gasteiger partial charge in [0.05, 0.1) is 5.60 Å². The van der Waals surface area contributed by atoms with Gasteiger partial charge in [0.25, 0.3) is 0 Å². The molecule has 3 aromatic rings. The van der Waals surface area contributed by atoms with Gasteiger partial charge in [-0.25, -0.2) is 4.98 Å². The third-order valence-electron chi connectivity index (χ3n) is 3.74. The minimum absolute atomic E-state index is 0.496. The van der Waals surface area contributed by atoms with E-state index in [-0.39, 0.29) is 0 Å². The van der Waals surface area contributed by atoms with Crippen LogP contribution >= 0.6 is 11.3 Å². The van der Waals surface area contributed by atoms with Crippen molar-refractivity contribution in [1.82, 2.24) is 10.3 Å². The smallest absolute Gasteiger partial charge is 0.123 e. The summed E-state index contributed by atoms with van der Waals surface area (Å²) >= 11 is 1.68. The first-order valence-corrected chi connectivity index (χ1v) is 8.45. The number of benzene rings is 2. The first-order valence-electron chi connectivity index (χ1n) is 7.64. The number of aliphatic hydroxyl groups is 1. The highest BCUT2D eigenvalue weighted by atomic mass is 32.1. The lowest BCUT2D eigenvalue weighted by atomic mass is 9.96. The molecule has 3 rings (SSSR count). The Morgan fingerprint density at radius 1 is 1.04 bits per heavy atom. The molecular formula is C19H20N2OS. The maximum absolute atomic E-state index is 10.6. The summed E-state index contributed by atoms with van der Waals surface area (Å²) < 4.78 is 0. The Morgan fingerprint density at radius 2 is 1.70 bits per heavy atom. The van der Waals surface area contributed by atoms with Gasteiger partial charge in [0.2, 0.25) is 0 Å². The predicted molar refractivity (Wildman–Crippen MR) is 95.3 cm³/mol. The molecule has 0 saturated carbocycles.